The molecule has 0 radical (unpaired) electrons. The summed E-state index contributed by atoms with van der Waals surface area (Å²) in [5, 5.41) is 0. The second kappa shape index (κ2) is 5.16. The van der Waals surface area contributed by atoms with E-state index in [9.17, 15) is 4.79 Å². The number of carbonyl (C=O) groups excluding carboxylic acids is 1. The Bertz CT molecular complexity index is 452. The molecule has 1 aromatic carbocycles. The molecule has 0 bridgehead atoms. The highest BCUT2D eigenvalue weighted by Gasteiger charge is 2.36. The Labute approximate surface area is 113 Å². The van der Waals surface area contributed by atoms with Crippen molar-refractivity contribution in [3.8, 4) is 0 Å². The fourth-order valence-corrected chi connectivity index (χ4v) is 2.59. The number of benzene rings is 1. The molecule has 2 aliphatic rings. The molecule has 1 saturated heterocycles. The van der Waals surface area contributed by atoms with Crippen LogP contribution in [0.5, 0.6) is 0 Å². The Kier molecular flexibility index (Phi) is 3.78. The van der Waals surface area contributed by atoms with Gasteiger partial charge in [-0.1, -0.05) is 18.2 Å². The van der Waals surface area contributed by atoms with Crippen LogP contribution in [0.25, 0.3) is 0 Å². The van der Waals surface area contributed by atoms with E-state index in [1.54, 1.807) is 0 Å². The van der Waals surface area contributed by atoms with Crippen molar-refractivity contribution in [2.45, 2.75) is 19.0 Å². The normalized spacial score (nSPS) is 23.3. The number of halogens is 1. The standard InChI is InChI=1S/C13H16N2O2.ClH/c1-14-7-6-11-9-17-13(16)15(11)12-5-3-2-4-10(12)8-14;/h2-5,11H,6-9H2,1H3;1H/t11-;/m0./s1. The molecule has 4 nitrogen and oxygen atoms in total. The van der Waals surface area contributed by atoms with Gasteiger partial charge in [-0.15, -0.1) is 12.4 Å². The third-order valence-electron chi connectivity index (χ3n) is 3.50. The fraction of sp³-hybridized carbons (Fsp3) is 0.462. The van der Waals surface area contributed by atoms with Crippen LogP contribution in [-0.2, 0) is 11.3 Å². The highest BCUT2D eigenvalue weighted by molar-refractivity contribution is 5.91. The SMILES string of the molecule is CN1CC[C@H]2COC(=O)N2c2ccccc2C1.Cl. The monoisotopic (exact) mass is 268 g/mol. The summed E-state index contributed by atoms with van der Waals surface area (Å²) in [5.41, 5.74) is 2.20. The van der Waals surface area contributed by atoms with Crippen molar-refractivity contribution in [1.29, 1.82) is 0 Å². The number of carbonyl (C=O) groups is 1. The van der Waals surface area contributed by atoms with Crippen molar-refractivity contribution >= 4 is 24.2 Å². The molecule has 0 saturated carbocycles. The Morgan fingerprint density at radius 1 is 1.33 bits per heavy atom. The molecule has 0 N–H and O–H groups in total. The van der Waals surface area contributed by atoms with Crippen molar-refractivity contribution in [1.82, 2.24) is 4.90 Å². The molecule has 18 heavy (non-hydrogen) atoms. The molecule has 1 atom stereocenters. The van der Waals surface area contributed by atoms with Gasteiger partial charge in [-0.2, -0.15) is 0 Å². The van der Waals surface area contributed by atoms with Crippen LogP contribution in [0, 0.1) is 0 Å². The van der Waals surface area contributed by atoms with Gasteiger partial charge in [0, 0.05) is 13.1 Å². The zero-order valence-electron chi connectivity index (χ0n) is 10.3. The van der Waals surface area contributed by atoms with E-state index in [1.807, 2.05) is 23.1 Å². The van der Waals surface area contributed by atoms with Crippen molar-refractivity contribution in [3.05, 3.63) is 29.8 Å². The van der Waals surface area contributed by atoms with Gasteiger partial charge in [-0.3, -0.25) is 4.90 Å². The maximum Gasteiger partial charge on any atom is 0.414 e. The highest BCUT2D eigenvalue weighted by atomic mass is 35.5. The number of cyclic esters (lactones) is 1. The predicted molar refractivity (Wildman–Crippen MR) is 72.3 cm³/mol. The quantitative estimate of drug-likeness (QED) is 0.724. The maximum atomic E-state index is 11.8. The van der Waals surface area contributed by atoms with E-state index in [1.165, 1.54) is 5.56 Å². The molecule has 3 rings (SSSR count). The summed E-state index contributed by atoms with van der Waals surface area (Å²) in [4.78, 5) is 15.9. The summed E-state index contributed by atoms with van der Waals surface area (Å²) in [6.45, 7) is 2.39. The second-order valence-corrected chi connectivity index (χ2v) is 4.76. The lowest BCUT2D eigenvalue weighted by Gasteiger charge is -2.30. The lowest BCUT2D eigenvalue weighted by Crippen LogP contribution is -2.39. The highest BCUT2D eigenvalue weighted by Crippen LogP contribution is 2.30. The van der Waals surface area contributed by atoms with Gasteiger partial charge >= 0.3 is 6.09 Å². The Balaban J connectivity index is 0.00000120. The largest absolute Gasteiger partial charge is 0.447 e. The summed E-state index contributed by atoms with van der Waals surface area (Å²) in [5.74, 6) is 0. The Morgan fingerprint density at radius 2 is 2.11 bits per heavy atom. The number of anilines is 1. The summed E-state index contributed by atoms with van der Waals surface area (Å²) in [6, 6.07) is 8.27. The smallest absolute Gasteiger partial charge is 0.414 e. The van der Waals surface area contributed by atoms with Crippen molar-refractivity contribution < 1.29 is 9.53 Å². The number of hydrogen-bond acceptors (Lipinski definition) is 3. The minimum atomic E-state index is -0.202. The molecule has 1 aromatic rings. The second-order valence-electron chi connectivity index (χ2n) is 4.76. The molecule has 5 heteroatoms. The average molecular weight is 269 g/mol. The predicted octanol–water partition coefficient (Wildman–Crippen LogP) is 2.27. The lowest BCUT2D eigenvalue weighted by atomic mass is 10.1. The minimum absolute atomic E-state index is 0. The Morgan fingerprint density at radius 3 is 2.94 bits per heavy atom. The number of ether oxygens (including phenoxy) is 1. The zero-order chi connectivity index (χ0) is 11.8. The van der Waals surface area contributed by atoms with Crippen LogP contribution in [0.15, 0.2) is 24.3 Å². The zero-order valence-corrected chi connectivity index (χ0v) is 11.2. The van der Waals surface area contributed by atoms with Gasteiger partial charge in [-0.25, -0.2) is 4.79 Å². The molecular formula is C13H17ClN2O2. The first kappa shape index (κ1) is 13.2. The van der Waals surface area contributed by atoms with Gasteiger partial charge < -0.3 is 9.64 Å². The average Bonchev–Trinajstić information content (AvgIpc) is 2.66. The number of rotatable bonds is 0. The summed E-state index contributed by atoms with van der Waals surface area (Å²) < 4.78 is 5.17. The van der Waals surface area contributed by atoms with E-state index in [-0.39, 0.29) is 24.5 Å². The molecule has 0 aromatic heterocycles. The van der Waals surface area contributed by atoms with Crippen molar-refractivity contribution in [3.63, 3.8) is 0 Å². The van der Waals surface area contributed by atoms with Crippen molar-refractivity contribution in [2.24, 2.45) is 0 Å². The number of hydrogen-bond donors (Lipinski definition) is 0. The van der Waals surface area contributed by atoms with Gasteiger partial charge in [0.05, 0.1) is 11.7 Å². The third-order valence-corrected chi connectivity index (χ3v) is 3.50. The van der Waals surface area contributed by atoms with E-state index in [4.69, 9.17) is 4.74 Å². The molecule has 0 spiro atoms. The molecule has 2 aliphatic heterocycles. The molecule has 1 amide bonds. The third kappa shape index (κ3) is 2.18. The first-order valence-electron chi connectivity index (χ1n) is 5.98. The molecule has 1 fully saturated rings. The van der Waals surface area contributed by atoms with Crippen LogP contribution < -0.4 is 4.90 Å². The molecule has 0 unspecified atom stereocenters. The molecule has 98 valence electrons. The summed E-state index contributed by atoms with van der Waals surface area (Å²) in [7, 11) is 2.12. The van der Waals surface area contributed by atoms with Crippen LogP contribution in [-0.4, -0.2) is 37.2 Å². The van der Waals surface area contributed by atoms with E-state index in [0.717, 1.165) is 25.2 Å². The van der Waals surface area contributed by atoms with Gasteiger partial charge in [0.15, 0.2) is 0 Å². The van der Waals surface area contributed by atoms with Crippen molar-refractivity contribution in [2.75, 3.05) is 25.1 Å². The van der Waals surface area contributed by atoms with E-state index < -0.39 is 0 Å². The molecule has 2 heterocycles. The van der Waals surface area contributed by atoms with Crippen LogP contribution in [0.2, 0.25) is 0 Å². The molecule has 0 aliphatic carbocycles. The van der Waals surface area contributed by atoms with Crippen LogP contribution in [0.1, 0.15) is 12.0 Å². The summed E-state index contributed by atoms with van der Waals surface area (Å²) >= 11 is 0. The van der Waals surface area contributed by atoms with Crippen LogP contribution in [0.3, 0.4) is 0 Å². The van der Waals surface area contributed by atoms with Gasteiger partial charge in [0.1, 0.15) is 6.61 Å². The summed E-state index contributed by atoms with van der Waals surface area (Å²) in [6.07, 6.45) is 0.767. The fourth-order valence-electron chi connectivity index (χ4n) is 2.59. The maximum absolute atomic E-state index is 11.8. The van der Waals surface area contributed by atoms with Crippen LogP contribution in [0.4, 0.5) is 10.5 Å². The Hall–Kier alpha value is -1.26. The number of fused-ring (bicyclic) bond motifs is 3. The number of nitrogens with zero attached hydrogens (tertiary/aromatic N) is 2. The van der Waals surface area contributed by atoms with Gasteiger partial charge in [0.25, 0.3) is 0 Å². The number of para-hydroxylation sites is 1. The minimum Gasteiger partial charge on any atom is -0.447 e. The first-order valence-corrected chi connectivity index (χ1v) is 5.98. The van der Waals surface area contributed by atoms with Gasteiger partial charge in [-0.05, 0) is 25.1 Å². The van der Waals surface area contributed by atoms with E-state index in [0.29, 0.717) is 6.61 Å². The van der Waals surface area contributed by atoms with E-state index >= 15 is 0 Å². The number of amides is 1. The lowest BCUT2D eigenvalue weighted by molar-refractivity contribution is 0.178. The first-order chi connectivity index (χ1) is 8.25. The molecular weight excluding hydrogens is 252 g/mol. The van der Waals surface area contributed by atoms with Gasteiger partial charge in [0.2, 0.25) is 0 Å². The van der Waals surface area contributed by atoms with E-state index in [2.05, 4.69) is 18.0 Å². The topological polar surface area (TPSA) is 32.8 Å². The van der Waals surface area contributed by atoms with Crippen LogP contribution >= 0.6 is 12.4 Å².